The first-order valence-corrected chi connectivity index (χ1v) is 5.58. The lowest BCUT2D eigenvalue weighted by Gasteiger charge is -2.24. The number of rotatable bonds is 7. The van der Waals surface area contributed by atoms with Gasteiger partial charge in [0.1, 0.15) is 14.0 Å². The molecule has 13 heavy (non-hydrogen) atoms. The van der Waals surface area contributed by atoms with Gasteiger partial charge in [-0.15, -0.1) is 0 Å². The molecule has 0 amide bonds. The molecule has 0 fully saturated rings. The molecule has 0 aliphatic carbocycles. The zero-order valence-corrected chi connectivity index (χ0v) is 9.21. The highest BCUT2D eigenvalue weighted by molar-refractivity contribution is 7.98. The van der Waals surface area contributed by atoms with E-state index in [-0.39, 0.29) is 12.1 Å². The molecule has 0 bridgehead atoms. The number of methoxy groups -OCH3 is 1. The van der Waals surface area contributed by atoms with Crippen molar-refractivity contribution in [1.82, 2.24) is 0 Å². The second-order valence-electron chi connectivity index (χ2n) is 2.86. The molecule has 0 rings (SSSR count). The summed E-state index contributed by atoms with van der Waals surface area (Å²) < 4.78 is 10.3. The van der Waals surface area contributed by atoms with E-state index in [0.29, 0.717) is 12.4 Å². The van der Waals surface area contributed by atoms with Crippen LogP contribution in [-0.4, -0.2) is 56.9 Å². The first kappa shape index (κ1) is 13.3. The summed E-state index contributed by atoms with van der Waals surface area (Å²) in [6.07, 6.45) is 1.05. The van der Waals surface area contributed by atoms with Crippen molar-refractivity contribution in [2.75, 3.05) is 25.7 Å². The Morgan fingerprint density at radius 1 is 1.54 bits per heavy atom. The van der Waals surface area contributed by atoms with E-state index in [0.717, 1.165) is 0 Å². The van der Waals surface area contributed by atoms with Gasteiger partial charge < -0.3 is 14.6 Å². The predicted octanol–water partition coefficient (Wildman–Crippen LogP) is 0.256. The first-order valence-electron chi connectivity index (χ1n) is 4.18. The summed E-state index contributed by atoms with van der Waals surface area (Å²) in [4.78, 5) is 0. The van der Waals surface area contributed by atoms with Crippen molar-refractivity contribution in [1.29, 1.82) is 0 Å². The zero-order chi connectivity index (χ0) is 10.3. The minimum absolute atomic E-state index is 0.341. The first-order chi connectivity index (χ1) is 6.11. The molecule has 0 aliphatic rings. The molecule has 3 nitrogen and oxygen atoms in total. The summed E-state index contributed by atoms with van der Waals surface area (Å²) in [6.45, 7) is 2.02. The Morgan fingerprint density at radius 3 is 2.54 bits per heavy atom. The molecule has 2 unspecified atom stereocenters. The van der Waals surface area contributed by atoms with Crippen LogP contribution in [0.2, 0.25) is 0 Å². The van der Waals surface area contributed by atoms with Crippen molar-refractivity contribution < 1.29 is 14.6 Å². The van der Waals surface area contributed by atoms with Gasteiger partial charge >= 0.3 is 0 Å². The fourth-order valence-corrected chi connectivity index (χ4v) is 1.29. The van der Waals surface area contributed by atoms with Crippen LogP contribution in [0.25, 0.3) is 0 Å². The SMILES string of the molecule is [B]C(CSC)O[C@H](COC)C(C)O. The Hall–Kier alpha value is 0.295. The van der Waals surface area contributed by atoms with Crippen molar-refractivity contribution in [3.05, 3.63) is 0 Å². The smallest absolute Gasteiger partial charge is 0.110 e. The highest BCUT2D eigenvalue weighted by Gasteiger charge is 2.17. The Morgan fingerprint density at radius 2 is 2.15 bits per heavy atom. The van der Waals surface area contributed by atoms with E-state index >= 15 is 0 Å². The maximum atomic E-state index is 9.29. The van der Waals surface area contributed by atoms with Crippen LogP contribution in [0.3, 0.4) is 0 Å². The van der Waals surface area contributed by atoms with Gasteiger partial charge in [-0.25, -0.2) is 0 Å². The fourth-order valence-electron chi connectivity index (χ4n) is 0.885. The predicted molar refractivity (Wildman–Crippen MR) is 56.4 cm³/mol. The summed E-state index contributed by atoms with van der Waals surface area (Å²) in [5, 5.41) is 9.29. The van der Waals surface area contributed by atoms with E-state index < -0.39 is 6.10 Å². The van der Waals surface area contributed by atoms with Gasteiger partial charge in [0.2, 0.25) is 0 Å². The lowest BCUT2D eigenvalue weighted by molar-refractivity contribution is -0.0711. The van der Waals surface area contributed by atoms with Crippen molar-refractivity contribution in [3.8, 4) is 0 Å². The van der Waals surface area contributed by atoms with Crippen molar-refractivity contribution in [2.24, 2.45) is 0 Å². The third-order valence-electron chi connectivity index (χ3n) is 1.55. The number of hydrogen-bond donors (Lipinski definition) is 1. The lowest BCUT2D eigenvalue weighted by atomic mass is 10.0. The van der Waals surface area contributed by atoms with E-state index in [1.807, 2.05) is 6.26 Å². The van der Waals surface area contributed by atoms with E-state index in [2.05, 4.69) is 0 Å². The molecule has 0 aromatic rings. The summed E-state index contributed by atoms with van der Waals surface area (Å²) in [7, 11) is 7.21. The van der Waals surface area contributed by atoms with Crippen molar-refractivity contribution >= 4 is 19.6 Å². The molecule has 1 N–H and O–H groups in total. The van der Waals surface area contributed by atoms with Gasteiger partial charge in [0, 0.05) is 18.9 Å². The standard InChI is InChI=1S/C8H17BO3S/c1-6(10)7(4-11-2)12-8(9)5-13-3/h6-8,10H,4-5H2,1-3H3/t6?,7-,8?/m1/s1. The molecule has 0 saturated heterocycles. The van der Waals surface area contributed by atoms with Crippen molar-refractivity contribution in [3.63, 3.8) is 0 Å². The number of aliphatic hydroxyl groups excluding tert-OH is 1. The van der Waals surface area contributed by atoms with Gasteiger partial charge in [-0.05, 0) is 13.2 Å². The average molecular weight is 204 g/mol. The van der Waals surface area contributed by atoms with Gasteiger partial charge in [0.15, 0.2) is 0 Å². The molecule has 0 heterocycles. The minimum Gasteiger partial charge on any atom is -0.391 e. The molecular formula is C8H17BO3S. The van der Waals surface area contributed by atoms with Crippen LogP contribution in [0, 0.1) is 0 Å². The summed E-state index contributed by atoms with van der Waals surface area (Å²) in [6, 6.07) is -0.343. The van der Waals surface area contributed by atoms with Crippen LogP contribution >= 0.6 is 11.8 Å². The third-order valence-corrected chi connectivity index (χ3v) is 2.21. The van der Waals surface area contributed by atoms with Crippen molar-refractivity contribution in [2.45, 2.75) is 25.1 Å². The van der Waals surface area contributed by atoms with E-state index in [9.17, 15) is 5.11 Å². The second kappa shape index (κ2) is 7.68. The Kier molecular flexibility index (Phi) is 7.85. The molecule has 0 spiro atoms. The monoisotopic (exact) mass is 204 g/mol. The van der Waals surface area contributed by atoms with Gasteiger partial charge in [-0.2, -0.15) is 11.8 Å². The molecular weight excluding hydrogens is 187 g/mol. The highest BCUT2D eigenvalue weighted by atomic mass is 32.2. The zero-order valence-electron chi connectivity index (χ0n) is 8.40. The third kappa shape index (κ3) is 6.38. The number of ether oxygens (including phenoxy) is 2. The molecule has 2 radical (unpaired) electrons. The van der Waals surface area contributed by atoms with E-state index in [1.165, 1.54) is 0 Å². The van der Waals surface area contributed by atoms with Gasteiger partial charge in [-0.1, -0.05) is 0 Å². The highest BCUT2D eigenvalue weighted by Crippen LogP contribution is 2.06. The maximum absolute atomic E-state index is 9.29. The lowest BCUT2D eigenvalue weighted by Crippen LogP contribution is -2.35. The van der Waals surface area contributed by atoms with Crippen LogP contribution in [0.4, 0.5) is 0 Å². The fraction of sp³-hybridized carbons (Fsp3) is 1.00. The van der Waals surface area contributed by atoms with Crippen LogP contribution < -0.4 is 0 Å². The van der Waals surface area contributed by atoms with Crippen LogP contribution in [0.5, 0.6) is 0 Å². The van der Waals surface area contributed by atoms with E-state index in [4.69, 9.17) is 17.3 Å². The topological polar surface area (TPSA) is 38.7 Å². The Bertz CT molecular complexity index is 124. The molecule has 5 heteroatoms. The van der Waals surface area contributed by atoms with Crippen LogP contribution in [0.1, 0.15) is 6.92 Å². The Balaban J connectivity index is 3.79. The molecule has 76 valence electrons. The van der Waals surface area contributed by atoms with Gasteiger partial charge in [0.25, 0.3) is 0 Å². The van der Waals surface area contributed by atoms with Crippen LogP contribution in [0.15, 0.2) is 0 Å². The second-order valence-corrected chi connectivity index (χ2v) is 3.77. The number of aliphatic hydroxyl groups is 1. The van der Waals surface area contributed by atoms with Crippen LogP contribution in [-0.2, 0) is 9.47 Å². The number of hydrogen-bond acceptors (Lipinski definition) is 4. The molecule has 3 atom stereocenters. The molecule has 0 saturated carbocycles. The molecule has 0 aromatic carbocycles. The van der Waals surface area contributed by atoms with E-state index in [1.54, 1.807) is 25.8 Å². The molecule has 0 aromatic heterocycles. The minimum atomic E-state index is -0.562. The van der Waals surface area contributed by atoms with Gasteiger partial charge in [-0.3, -0.25) is 0 Å². The van der Waals surface area contributed by atoms with Gasteiger partial charge in [0.05, 0.1) is 12.7 Å². The quantitative estimate of drug-likeness (QED) is 0.603. The number of thioether (sulfide) groups is 1. The normalized spacial score (nSPS) is 18.2. The molecule has 0 aliphatic heterocycles. The largest absolute Gasteiger partial charge is 0.391 e. The summed E-state index contributed by atoms with van der Waals surface area (Å²) in [5.74, 6) is 0.715. The summed E-state index contributed by atoms with van der Waals surface area (Å²) in [5.41, 5.74) is 0. The average Bonchev–Trinajstić information content (AvgIpc) is 2.04. The summed E-state index contributed by atoms with van der Waals surface area (Å²) >= 11 is 1.61. The Labute approximate surface area is 85.6 Å². The maximum Gasteiger partial charge on any atom is 0.110 e.